The van der Waals surface area contributed by atoms with Crippen molar-refractivity contribution in [2.75, 3.05) is 0 Å². The number of ether oxygens (including phenoxy) is 1. The van der Waals surface area contributed by atoms with Gasteiger partial charge in [0.25, 0.3) is 5.91 Å². The van der Waals surface area contributed by atoms with Crippen molar-refractivity contribution in [3.63, 3.8) is 0 Å². The molecule has 2 aromatic carbocycles. The molecule has 0 bridgehead atoms. The summed E-state index contributed by atoms with van der Waals surface area (Å²) in [6.45, 7) is 3.60. The zero-order valence-electron chi connectivity index (χ0n) is 13.6. The summed E-state index contributed by atoms with van der Waals surface area (Å²) in [5.74, 6) is 0.326. The molecule has 1 amide bonds. The van der Waals surface area contributed by atoms with Gasteiger partial charge in [0.15, 0.2) is 6.10 Å². The van der Waals surface area contributed by atoms with E-state index in [9.17, 15) is 4.79 Å². The van der Waals surface area contributed by atoms with Gasteiger partial charge in [-0.05, 0) is 49.2 Å². The van der Waals surface area contributed by atoms with Gasteiger partial charge in [-0.25, -0.2) is 5.43 Å². The SMILES string of the molecule is CC(/C=N\NC(=O)[C@H](C)Oc1ccc(Br)cc1)=C/c1ccccc1. The van der Waals surface area contributed by atoms with E-state index in [4.69, 9.17) is 4.74 Å². The molecule has 2 rings (SSSR count). The molecule has 0 spiro atoms. The Bertz CT molecular complexity index is 725. The Morgan fingerprint density at radius 2 is 1.83 bits per heavy atom. The number of benzene rings is 2. The highest BCUT2D eigenvalue weighted by Crippen LogP contribution is 2.17. The zero-order chi connectivity index (χ0) is 17.4. The number of hydrogen-bond acceptors (Lipinski definition) is 3. The number of hydrogen-bond donors (Lipinski definition) is 1. The fourth-order valence-electron chi connectivity index (χ4n) is 1.91. The van der Waals surface area contributed by atoms with Crippen molar-refractivity contribution in [2.24, 2.45) is 5.10 Å². The van der Waals surface area contributed by atoms with Crippen molar-refractivity contribution in [3.8, 4) is 5.75 Å². The van der Waals surface area contributed by atoms with E-state index in [-0.39, 0.29) is 5.91 Å². The first-order valence-corrected chi connectivity index (χ1v) is 8.32. The first-order chi connectivity index (χ1) is 11.5. The molecule has 0 fully saturated rings. The van der Waals surface area contributed by atoms with Crippen molar-refractivity contribution < 1.29 is 9.53 Å². The molecule has 0 aromatic heterocycles. The lowest BCUT2D eigenvalue weighted by Crippen LogP contribution is -2.33. The molecule has 5 heteroatoms. The van der Waals surface area contributed by atoms with Crippen LogP contribution < -0.4 is 10.2 Å². The number of amides is 1. The summed E-state index contributed by atoms with van der Waals surface area (Å²) in [5, 5.41) is 3.96. The average molecular weight is 387 g/mol. The second-order valence-corrected chi connectivity index (χ2v) is 6.16. The van der Waals surface area contributed by atoms with Crippen LogP contribution in [0.3, 0.4) is 0 Å². The number of carbonyl (C=O) groups excluding carboxylic acids is 1. The van der Waals surface area contributed by atoms with Crippen LogP contribution in [0, 0.1) is 0 Å². The Labute approximate surface area is 150 Å². The molecule has 2 aromatic rings. The van der Waals surface area contributed by atoms with E-state index in [2.05, 4.69) is 26.5 Å². The molecule has 0 heterocycles. The lowest BCUT2D eigenvalue weighted by Gasteiger charge is -2.12. The Morgan fingerprint density at radius 3 is 2.50 bits per heavy atom. The van der Waals surface area contributed by atoms with Gasteiger partial charge in [0, 0.05) is 4.47 Å². The number of halogens is 1. The minimum Gasteiger partial charge on any atom is -0.481 e. The van der Waals surface area contributed by atoms with E-state index in [1.54, 1.807) is 25.3 Å². The molecule has 4 nitrogen and oxygen atoms in total. The third-order valence-electron chi connectivity index (χ3n) is 3.13. The lowest BCUT2D eigenvalue weighted by atomic mass is 10.1. The molecular weight excluding hydrogens is 368 g/mol. The minimum atomic E-state index is -0.637. The number of hydrazone groups is 1. The summed E-state index contributed by atoms with van der Waals surface area (Å²) < 4.78 is 6.52. The molecule has 1 N–H and O–H groups in total. The summed E-state index contributed by atoms with van der Waals surface area (Å²) in [7, 11) is 0. The van der Waals surface area contributed by atoms with Crippen LogP contribution in [0.1, 0.15) is 19.4 Å². The molecule has 0 radical (unpaired) electrons. The summed E-state index contributed by atoms with van der Waals surface area (Å²) in [6, 6.07) is 17.2. The van der Waals surface area contributed by atoms with Crippen molar-refractivity contribution in [2.45, 2.75) is 20.0 Å². The van der Waals surface area contributed by atoms with Crippen molar-refractivity contribution in [3.05, 3.63) is 70.2 Å². The van der Waals surface area contributed by atoms with Crippen LogP contribution >= 0.6 is 15.9 Å². The predicted octanol–water partition coefficient (Wildman–Crippen LogP) is 4.42. The molecule has 124 valence electrons. The van der Waals surface area contributed by atoms with Crippen LogP contribution in [-0.2, 0) is 4.79 Å². The standard InChI is InChI=1S/C19H19BrN2O2/c1-14(12-16-6-4-3-5-7-16)13-21-22-19(23)15(2)24-18-10-8-17(20)9-11-18/h3-13,15H,1-2H3,(H,22,23)/b14-12-,21-13-/t15-/m0/s1. The minimum absolute atomic E-state index is 0.304. The number of carbonyl (C=O) groups is 1. The molecule has 1 atom stereocenters. The van der Waals surface area contributed by atoms with E-state index in [0.29, 0.717) is 5.75 Å². The fraction of sp³-hybridized carbons (Fsp3) is 0.158. The number of rotatable bonds is 6. The van der Waals surface area contributed by atoms with Crippen LogP contribution in [0.15, 0.2) is 69.7 Å². The number of nitrogens with one attached hydrogen (secondary N) is 1. The van der Waals surface area contributed by atoms with Crippen molar-refractivity contribution in [1.82, 2.24) is 5.43 Å². The quantitative estimate of drug-likeness (QED) is 0.589. The van der Waals surface area contributed by atoms with Crippen LogP contribution in [0.4, 0.5) is 0 Å². The van der Waals surface area contributed by atoms with E-state index in [1.165, 1.54) is 0 Å². The zero-order valence-corrected chi connectivity index (χ0v) is 15.2. The Hall–Kier alpha value is -2.40. The highest BCUT2D eigenvalue weighted by atomic mass is 79.9. The van der Waals surface area contributed by atoms with Gasteiger partial charge in [-0.3, -0.25) is 4.79 Å². The molecule has 0 saturated carbocycles. The predicted molar refractivity (Wildman–Crippen MR) is 101 cm³/mol. The van der Waals surface area contributed by atoms with Gasteiger partial charge in [0.1, 0.15) is 5.75 Å². The van der Waals surface area contributed by atoms with E-state index < -0.39 is 6.10 Å². The van der Waals surface area contributed by atoms with Gasteiger partial charge in [-0.1, -0.05) is 52.3 Å². The van der Waals surface area contributed by atoms with E-state index in [1.807, 2.05) is 55.5 Å². The molecule has 0 aliphatic heterocycles. The topological polar surface area (TPSA) is 50.7 Å². The molecule has 0 unspecified atom stereocenters. The monoisotopic (exact) mass is 386 g/mol. The van der Waals surface area contributed by atoms with Gasteiger partial charge in [-0.2, -0.15) is 5.10 Å². The summed E-state index contributed by atoms with van der Waals surface area (Å²) in [6.07, 6.45) is 2.95. The third kappa shape index (κ3) is 6.01. The second kappa shape index (κ2) is 9.03. The normalized spacial score (nSPS) is 12.9. The Balaban J connectivity index is 1.85. The maximum atomic E-state index is 12.0. The van der Waals surface area contributed by atoms with Gasteiger partial charge >= 0.3 is 0 Å². The molecule has 24 heavy (non-hydrogen) atoms. The smallest absolute Gasteiger partial charge is 0.280 e. The van der Waals surface area contributed by atoms with Gasteiger partial charge in [0.05, 0.1) is 6.21 Å². The van der Waals surface area contributed by atoms with Gasteiger partial charge in [-0.15, -0.1) is 0 Å². The summed E-state index contributed by atoms with van der Waals surface area (Å²) in [4.78, 5) is 12.0. The van der Waals surface area contributed by atoms with Crippen molar-refractivity contribution >= 4 is 34.1 Å². The first kappa shape index (κ1) is 17.9. The number of nitrogens with zero attached hydrogens (tertiary/aromatic N) is 1. The maximum Gasteiger partial charge on any atom is 0.280 e. The fourth-order valence-corrected chi connectivity index (χ4v) is 2.17. The van der Waals surface area contributed by atoms with Crippen LogP contribution in [0.25, 0.3) is 6.08 Å². The van der Waals surface area contributed by atoms with Gasteiger partial charge in [0.2, 0.25) is 0 Å². The van der Waals surface area contributed by atoms with Crippen LogP contribution in [0.2, 0.25) is 0 Å². The van der Waals surface area contributed by atoms with E-state index >= 15 is 0 Å². The maximum absolute atomic E-state index is 12.0. The Kier molecular flexibility index (Phi) is 6.75. The van der Waals surface area contributed by atoms with Gasteiger partial charge < -0.3 is 4.74 Å². The highest BCUT2D eigenvalue weighted by molar-refractivity contribution is 9.10. The van der Waals surface area contributed by atoms with Crippen molar-refractivity contribution in [1.29, 1.82) is 0 Å². The molecular formula is C19H19BrN2O2. The molecule has 0 aliphatic carbocycles. The lowest BCUT2D eigenvalue weighted by molar-refractivity contribution is -0.127. The number of allylic oxidation sites excluding steroid dienone is 1. The Morgan fingerprint density at radius 1 is 1.17 bits per heavy atom. The summed E-state index contributed by atoms with van der Waals surface area (Å²) >= 11 is 3.35. The summed E-state index contributed by atoms with van der Waals surface area (Å²) in [5.41, 5.74) is 4.50. The molecule has 0 aliphatic rings. The average Bonchev–Trinajstić information content (AvgIpc) is 2.57. The largest absolute Gasteiger partial charge is 0.481 e. The highest BCUT2D eigenvalue weighted by Gasteiger charge is 2.13. The third-order valence-corrected chi connectivity index (χ3v) is 3.66. The van der Waals surface area contributed by atoms with Crippen LogP contribution in [0.5, 0.6) is 5.75 Å². The van der Waals surface area contributed by atoms with Crippen LogP contribution in [-0.4, -0.2) is 18.2 Å². The second-order valence-electron chi connectivity index (χ2n) is 5.25. The van der Waals surface area contributed by atoms with E-state index in [0.717, 1.165) is 15.6 Å². The first-order valence-electron chi connectivity index (χ1n) is 7.53. The molecule has 0 saturated heterocycles.